The van der Waals surface area contributed by atoms with Gasteiger partial charge in [-0.1, -0.05) is 54.1 Å². The number of benzene rings is 3. The summed E-state index contributed by atoms with van der Waals surface area (Å²) in [5.41, 5.74) is 7.02. The molecule has 0 saturated carbocycles. The van der Waals surface area contributed by atoms with Crippen molar-refractivity contribution in [2.75, 3.05) is 0 Å². The molecule has 0 radical (unpaired) electrons. The van der Waals surface area contributed by atoms with Gasteiger partial charge in [0.1, 0.15) is 0 Å². The molecule has 0 spiro atoms. The highest BCUT2D eigenvalue weighted by Gasteiger charge is 2.13. The second kappa shape index (κ2) is 7.62. The summed E-state index contributed by atoms with van der Waals surface area (Å²) < 4.78 is 2.20. The Balaban J connectivity index is 1.82. The largest absolute Gasteiger partial charge is 0.318 e. The van der Waals surface area contributed by atoms with Crippen molar-refractivity contribution in [3.05, 3.63) is 99.8 Å². The number of aromatic nitrogens is 1. The molecule has 3 aromatic carbocycles. The lowest BCUT2D eigenvalue weighted by molar-refractivity contribution is 0.954. The van der Waals surface area contributed by atoms with E-state index in [0.717, 1.165) is 39.2 Å². The van der Waals surface area contributed by atoms with Crippen molar-refractivity contribution in [1.29, 1.82) is 5.26 Å². The van der Waals surface area contributed by atoms with Crippen molar-refractivity contribution in [3.8, 4) is 11.8 Å². The summed E-state index contributed by atoms with van der Waals surface area (Å²) in [6, 6.07) is 24.8. The second-order valence-electron chi connectivity index (χ2n) is 7.32. The summed E-state index contributed by atoms with van der Waals surface area (Å²) in [6.07, 6.45) is 1.98. The van der Waals surface area contributed by atoms with Crippen LogP contribution in [0.15, 0.2) is 66.7 Å². The SMILES string of the molecule is Cc1ccc(Cl)cc1-n1c(C)cc(/C=C(/C#N)c2ccc3ccccc3c2)c1C. The zero-order chi connectivity index (χ0) is 20.5. The number of halogens is 1. The van der Waals surface area contributed by atoms with Crippen LogP contribution >= 0.6 is 11.6 Å². The molecule has 0 aliphatic heterocycles. The van der Waals surface area contributed by atoms with Gasteiger partial charge in [0.25, 0.3) is 0 Å². The predicted molar refractivity (Wildman–Crippen MR) is 122 cm³/mol. The number of fused-ring (bicyclic) bond motifs is 1. The van der Waals surface area contributed by atoms with Crippen LogP contribution in [0.2, 0.25) is 5.02 Å². The van der Waals surface area contributed by atoms with Gasteiger partial charge in [-0.3, -0.25) is 0 Å². The van der Waals surface area contributed by atoms with E-state index in [1.807, 2.05) is 42.5 Å². The lowest BCUT2D eigenvalue weighted by atomic mass is 10.0. The Morgan fingerprint density at radius 3 is 2.45 bits per heavy atom. The quantitative estimate of drug-likeness (QED) is 0.334. The lowest BCUT2D eigenvalue weighted by Gasteiger charge is -2.13. The van der Waals surface area contributed by atoms with Crippen molar-refractivity contribution < 1.29 is 0 Å². The van der Waals surface area contributed by atoms with E-state index in [9.17, 15) is 5.26 Å². The van der Waals surface area contributed by atoms with Crippen LogP contribution in [0.3, 0.4) is 0 Å². The molecular formula is C26H21ClN2. The van der Waals surface area contributed by atoms with Gasteiger partial charge in [-0.25, -0.2) is 0 Å². The molecule has 0 fully saturated rings. The van der Waals surface area contributed by atoms with Crippen molar-refractivity contribution in [3.63, 3.8) is 0 Å². The summed E-state index contributed by atoms with van der Waals surface area (Å²) in [6.45, 7) is 6.23. The molecule has 0 aliphatic carbocycles. The van der Waals surface area contributed by atoms with Crippen LogP contribution in [-0.4, -0.2) is 4.57 Å². The maximum atomic E-state index is 9.83. The van der Waals surface area contributed by atoms with Crippen LogP contribution in [0.5, 0.6) is 0 Å². The van der Waals surface area contributed by atoms with Crippen molar-refractivity contribution in [1.82, 2.24) is 4.57 Å². The Hall–Kier alpha value is -3.28. The standard InChI is InChI=1S/C26H21ClN2/c1-17-8-11-25(27)15-26(17)29-18(2)12-23(19(29)3)14-24(16-28)22-10-9-20-6-4-5-7-21(20)13-22/h4-15H,1-3H3/b24-14-. The van der Waals surface area contributed by atoms with E-state index >= 15 is 0 Å². The molecule has 2 nitrogen and oxygen atoms in total. The van der Waals surface area contributed by atoms with E-state index in [2.05, 4.69) is 61.7 Å². The number of nitriles is 1. The first-order valence-corrected chi connectivity index (χ1v) is 9.92. The van der Waals surface area contributed by atoms with E-state index in [4.69, 9.17) is 11.6 Å². The Labute approximate surface area is 176 Å². The molecule has 0 unspecified atom stereocenters. The summed E-state index contributed by atoms with van der Waals surface area (Å²) in [7, 11) is 0. The number of hydrogen-bond acceptors (Lipinski definition) is 1. The second-order valence-corrected chi connectivity index (χ2v) is 7.76. The van der Waals surface area contributed by atoms with E-state index < -0.39 is 0 Å². The number of rotatable bonds is 3. The minimum atomic E-state index is 0.652. The average molecular weight is 397 g/mol. The molecule has 0 bridgehead atoms. The highest BCUT2D eigenvalue weighted by molar-refractivity contribution is 6.30. The molecule has 0 saturated heterocycles. The van der Waals surface area contributed by atoms with E-state index in [1.54, 1.807) is 0 Å². The fourth-order valence-electron chi connectivity index (χ4n) is 3.82. The summed E-state index contributed by atoms with van der Waals surface area (Å²) in [5, 5.41) is 12.8. The van der Waals surface area contributed by atoms with Crippen LogP contribution in [0, 0.1) is 32.1 Å². The van der Waals surface area contributed by atoms with Gasteiger partial charge in [-0.15, -0.1) is 0 Å². The van der Waals surface area contributed by atoms with Crippen molar-refractivity contribution in [2.24, 2.45) is 0 Å². The van der Waals surface area contributed by atoms with Crippen LogP contribution in [0.1, 0.15) is 28.1 Å². The molecule has 29 heavy (non-hydrogen) atoms. The first kappa shape index (κ1) is 19.1. The first-order chi connectivity index (χ1) is 14.0. The van der Waals surface area contributed by atoms with E-state index in [1.165, 1.54) is 5.39 Å². The van der Waals surface area contributed by atoms with Gasteiger partial charge in [0.15, 0.2) is 0 Å². The third-order valence-electron chi connectivity index (χ3n) is 5.36. The third-order valence-corrected chi connectivity index (χ3v) is 5.60. The van der Waals surface area contributed by atoms with E-state index in [0.29, 0.717) is 10.6 Å². The summed E-state index contributed by atoms with van der Waals surface area (Å²) in [4.78, 5) is 0. The highest BCUT2D eigenvalue weighted by Crippen LogP contribution is 2.29. The van der Waals surface area contributed by atoms with Crippen molar-refractivity contribution in [2.45, 2.75) is 20.8 Å². The molecule has 1 aromatic heterocycles. The molecule has 4 rings (SSSR count). The normalized spacial score (nSPS) is 11.6. The molecular weight excluding hydrogens is 376 g/mol. The zero-order valence-electron chi connectivity index (χ0n) is 16.7. The Bertz CT molecular complexity index is 1300. The molecule has 142 valence electrons. The van der Waals surface area contributed by atoms with Gasteiger partial charge in [0, 0.05) is 22.1 Å². The molecule has 4 aromatic rings. The van der Waals surface area contributed by atoms with Crippen LogP contribution < -0.4 is 0 Å². The Morgan fingerprint density at radius 2 is 1.69 bits per heavy atom. The zero-order valence-corrected chi connectivity index (χ0v) is 17.5. The monoisotopic (exact) mass is 396 g/mol. The molecule has 0 N–H and O–H groups in total. The maximum Gasteiger partial charge on any atom is 0.0998 e. The highest BCUT2D eigenvalue weighted by atomic mass is 35.5. The fraction of sp³-hybridized carbons (Fsp3) is 0.115. The van der Waals surface area contributed by atoms with Gasteiger partial charge < -0.3 is 4.57 Å². The van der Waals surface area contributed by atoms with Gasteiger partial charge in [0.2, 0.25) is 0 Å². The number of aryl methyl sites for hydroxylation is 2. The van der Waals surface area contributed by atoms with E-state index in [-0.39, 0.29) is 0 Å². The molecule has 0 aliphatic rings. The molecule has 1 heterocycles. The maximum absolute atomic E-state index is 9.83. The van der Waals surface area contributed by atoms with Crippen LogP contribution in [0.4, 0.5) is 0 Å². The fourth-order valence-corrected chi connectivity index (χ4v) is 3.99. The molecule has 3 heteroatoms. The molecule has 0 amide bonds. The van der Waals surface area contributed by atoms with Gasteiger partial charge in [-0.2, -0.15) is 5.26 Å². The summed E-state index contributed by atoms with van der Waals surface area (Å²) in [5.74, 6) is 0. The smallest absolute Gasteiger partial charge is 0.0998 e. The van der Waals surface area contributed by atoms with Gasteiger partial charge in [0.05, 0.1) is 11.6 Å². The minimum Gasteiger partial charge on any atom is -0.318 e. The van der Waals surface area contributed by atoms with Crippen molar-refractivity contribution >= 4 is 34.0 Å². The molecule has 0 atom stereocenters. The topological polar surface area (TPSA) is 28.7 Å². The van der Waals surface area contributed by atoms with Gasteiger partial charge >= 0.3 is 0 Å². The van der Waals surface area contributed by atoms with Gasteiger partial charge in [-0.05, 0) is 78.6 Å². The summed E-state index contributed by atoms with van der Waals surface area (Å²) >= 11 is 6.24. The predicted octanol–water partition coefficient (Wildman–Crippen LogP) is 7.27. The number of nitrogens with zero attached hydrogens (tertiary/aromatic N) is 2. The van der Waals surface area contributed by atoms with Crippen LogP contribution in [0.25, 0.3) is 28.1 Å². The van der Waals surface area contributed by atoms with Crippen LogP contribution in [-0.2, 0) is 0 Å². The number of hydrogen-bond donors (Lipinski definition) is 0. The minimum absolute atomic E-state index is 0.652. The Morgan fingerprint density at radius 1 is 0.931 bits per heavy atom. The lowest BCUT2D eigenvalue weighted by Crippen LogP contribution is -2.01. The third kappa shape index (κ3) is 3.58. The number of allylic oxidation sites excluding steroid dienone is 1. The Kier molecular flexibility index (Phi) is 5.01. The average Bonchev–Trinajstić information content (AvgIpc) is 3.00. The first-order valence-electron chi connectivity index (χ1n) is 9.54.